The van der Waals surface area contributed by atoms with Gasteiger partial charge in [0.05, 0.1) is 27.9 Å². The van der Waals surface area contributed by atoms with Gasteiger partial charge in [-0.3, -0.25) is 0 Å². The lowest BCUT2D eigenvalue weighted by atomic mass is 10.2. The highest BCUT2D eigenvalue weighted by atomic mass is 16.5. The van der Waals surface area contributed by atoms with E-state index in [1.807, 2.05) is 37.3 Å². The maximum absolute atomic E-state index is 5.39. The molecule has 0 aromatic heterocycles. The van der Waals surface area contributed by atoms with Crippen LogP contribution < -0.4 is 24.8 Å². The smallest absolute Gasteiger partial charge is 0.203 e. The molecule has 0 aliphatic heterocycles. The first-order valence-electron chi connectivity index (χ1n) is 8.56. The SMILES string of the molecule is CCNC(=NCc1cc(OC)c(OC)c(OC)c1)NCc1ccccc1. The minimum Gasteiger partial charge on any atom is -0.493 e. The van der Waals surface area contributed by atoms with E-state index in [4.69, 9.17) is 14.2 Å². The molecule has 0 fully saturated rings. The Hall–Kier alpha value is -2.89. The molecule has 2 aromatic rings. The van der Waals surface area contributed by atoms with Crippen molar-refractivity contribution in [3.05, 3.63) is 53.6 Å². The summed E-state index contributed by atoms with van der Waals surface area (Å²) in [5.74, 6) is 2.58. The van der Waals surface area contributed by atoms with Crippen LogP contribution in [0.3, 0.4) is 0 Å². The summed E-state index contributed by atoms with van der Waals surface area (Å²) < 4.78 is 16.1. The van der Waals surface area contributed by atoms with E-state index in [2.05, 4.69) is 27.8 Å². The predicted molar refractivity (Wildman–Crippen MR) is 104 cm³/mol. The van der Waals surface area contributed by atoms with Crippen LogP contribution in [0.25, 0.3) is 0 Å². The van der Waals surface area contributed by atoms with Crippen molar-refractivity contribution >= 4 is 5.96 Å². The van der Waals surface area contributed by atoms with E-state index in [1.54, 1.807) is 21.3 Å². The van der Waals surface area contributed by atoms with E-state index in [1.165, 1.54) is 5.56 Å². The molecule has 0 aliphatic rings. The van der Waals surface area contributed by atoms with Crippen LogP contribution in [-0.2, 0) is 13.1 Å². The third-order valence-corrected chi connectivity index (χ3v) is 3.79. The number of guanidine groups is 1. The first-order chi connectivity index (χ1) is 12.7. The summed E-state index contributed by atoms with van der Waals surface area (Å²) >= 11 is 0. The Morgan fingerprint density at radius 3 is 2.08 bits per heavy atom. The van der Waals surface area contributed by atoms with E-state index in [0.29, 0.717) is 30.3 Å². The largest absolute Gasteiger partial charge is 0.493 e. The van der Waals surface area contributed by atoms with Crippen LogP contribution in [0.4, 0.5) is 0 Å². The molecule has 0 heterocycles. The number of rotatable bonds is 8. The molecule has 0 spiro atoms. The number of aliphatic imine (C=N–C) groups is 1. The third kappa shape index (κ3) is 5.31. The number of benzene rings is 2. The summed E-state index contributed by atoms with van der Waals surface area (Å²) in [5, 5.41) is 6.59. The molecule has 6 heteroatoms. The molecule has 0 saturated carbocycles. The minimum atomic E-state index is 0.487. The number of nitrogens with zero attached hydrogens (tertiary/aromatic N) is 1. The van der Waals surface area contributed by atoms with Gasteiger partial charge in [0.2, 0.25) is 5.75 Å². The van der Waals surface area contributed by atoms with Crippen LogP contribution in [-0.4, -0.2) is 33.8 Å². The van der Waals surface area contributed by atoms with Gasteiger partial charge in [-0.1, -0.05) is 30.3 Å². The number of hydrogen-bond donors (Lipinski definition) is 2. The lowest BCUT2D eigenvalue weighted by molar-refractivity contribution is 0.324. The zero-order valence-electron chi connectivity index (χ0n) is 15.8. The molecule has 0 unspecified atom stereocenters. The summed E-state index contributed by atoms with van der Waals surface area (Å²) in [7, 11) is 4.81. The summed E-state index contributed by atoms with van der Waals surface area (Å²) in [5.41, 5.74) is 2.17. The van der Waals surface area contributed by atoms with Gasteiger partial charge in [-0.25, -0.2) is 4.99 Å². The second-order valence-electron chi connectivity index (χ2n) is 5.57. The van der Waals surface area contributed by atoms with E-state index in [9.17, 15) is 0 Å². The van der Waals surface area contributed by atoms with Crippen molar-refractivity contribution in [2.75, 3.05) is 27.9 Å². The van der Waals surface area contributed by atoms with E-state index >= 15 is 0 Å². The number of methoxy groups -OCH3 is 3. The van der Waals surface area contributed by atoms with Crippen LogP contribution in [0.2, 0.25) is 0 Å². The van der Waals surface area contributed by atoms with Gasteiger partial charge in [-0.2, -0.15) is 0 Å². The van der Waals surface area contributed by atoms with Crippen molar-refractivity contribution in [3.8, 4) is 17.2 Å². The van der Waals surface area contributed by atoms with Crippen LogP contribution in [0.5, 0.6) is 17.2 Å². The molecule has 0 radical (unpaired) electrons. The fourth-order valence-corrected chi connectivity index (χ4v) is 2.52. The van der Waals surface area contributed by atoms with Crippen LogP contribution in [0.15, 0.2) is 47.5 Å². The molecule has 0 bridgehead atoms. The maximum Gasteiger partial charge on any atom is 0.203 e. The average Bonchev–Trinajstić information content (AvgIpc) is 2.69. The Bertz CT molecular complexity index is 692. The van der Waals surface area contributed by atoms with Crippen molar-refractivity contribution in [1.29, 1.82) is 0 Å². The topological polar surface area (TPSA) is 64.1 Å². The van der Waals surface area contributed by atoms with E-state index in [0.717, 1.165) is 18.1 Å². The molecule has 0 aliphatic carbocycles. The van der Waals surface area contributed by atoms with Crippen LogP contribution in [0, 0.1) is 0 Å². The van der Waals surface area contributed by atoms with Gasteiger partial charge in [-0.15, -0.1) is 0 Å². The second kappa shape index (κ2) is 10.2. The fraction of sp³-hybridized carbons (Fsp3) is 0.350. The highest BCUT2D eigenvalue weighted by Crippen LogP contribution is 2.38. The second-order valence-corrected chi connectivity index (χ2v) is 5.57. The quantitative estimate of drug-likeness (QED) is 0.562. The van der Waals surface area contributed by atoms with Gasteiger partial charge in [0.25, 0.3) is 0 Å². The van der Waals surface area contributed by atoms with Crippen molar-refractivity contribution in [2.45, 2.75) is 20.0 Å². The minimum absolute atomic E-state index is 0.487. The summed E-state index contributed by atoms with van der Waals surface area (Å²) in [6.45, 7) is 4.03. The molecule has 2 aromatic carbocycles. The lowest BCUT2D eigenvalue weighted by Crippen LogP contribution is -2.36. The molecular formula is C20H27N3O3. The Kier molecular flexibility index (Phi) is 7.61. The molecular weight excluding hydrogens is 330 g/mol. The van der Waals surface area contributed by atoms with Gasteiger partial charge in [0.1, 0.15) is 0 Å². The highest BCUT2D eigenvalue weighted by Gasteiger charge is 2.13. The standard InChI is InChI=1S/C20H27N3O3/c1-5-21-20(22-13-15-9-7-6-8-10-15)23-14-16-11-17(24-2)19(26-4)18(12-16)25-3/h6-12H,5,13-14H2,1-4H3,(H2,21,22,23). The molecule has 140 valence electrons. The maximum atomic E-state index is 5.39. The van der Waals surface area contributed by atoms with Crippen LogP contribution >= 0.6 is 0 Å². The lowest BCUT2D eigenvalue weighted by Gasteiger charge is -2.14. The van der Waals surface area contributed by atoms with E-state index < -0.39 is 0 Å². The van der Waals surface area contributed by atoms with Gasteiger partial charge < -0.3 is 24.8 Å². The molecule has 2 rings (SSSR count). The normalized spacial score (nSPS) is 11.0. The van der Waals surface area contributed by atoms with E-state index in [-0.39, 0.29) is 0 Å². The zero-order valence-corrected chi connectivity index (χ0v) is 15.8. The Labute approximate surface area is 155 Å². The van der Waals surface area contributed by atoms with Gasteiger partial charge in [0.15, 0.2) is 17.5 Å². The Morgan fingerprint density at radius 1 is 0.885 bits per heavy atom. The average molecular weight is 357 g/mol. The molecule has 0 saturated heterocycles. The highest BCUT2D eigenvalue weighted by molar-refractivity contribution is 5.79. The first kappa shape index (κ1) is 19.4. The summed E-state index contributed by atoms with van der Waals surface area (Å²) in [6.07, 6.45) is 0. The molecule has 6 nitrogen and oxygen atoms in total. The van der Waals surface area contributed by atoms with Crippen LogP contribution in [0.1, 0.15) is 18.1 Å². The Balaban J connectivity index is 2.13. The predicted octanol–water partition coefficient (Wildman–Crippen LogP) is 2.97. The monoisotopic (exact) mass is 357 g/mol. The van der Waals surface area contributed by atoms with Gasteiger partial charge in [0, 0.05) is 13.1 Å². The summed E-state index contributed by atoms with van der Waals surface area (Å²) in [4.78, 5) is 4.65. The summed E-state index contributed by atoms with van der Waals surface area (Å²) in [6, 6.07) is 14.0. The molecule has 0 amide bonds. The fourth-order valence-electron chi connectivity index (χ4n) is 2.52. The molecule has 2 N–H and O–H groups in total. The van der Waals surface area contributed by atoms with Crippen molar-refractivity contribution in [2.24, 2.45) is 4.99 Å². The van der Waals surface area contributed by atoms with Crippen molar-refractivity contribution < 1.29 is 14.2 Å². The molecule has 26 heavy (non-hydrogen) atoms. The number of nitrogens with one attached hydrogen (secondary N) is 2. The van der Waals surface area contributed by atoms with Crippen molar-refractivity contribution in [1.82, 2.24) is 10.6 Å². The Morgan fingerprint density at radius 2 is 1.54 bits per heavy atom. The number of hydrogen-bond acceptors (Lipinski definition) is 4. The zero-order chi connectivity index (χ0) is 18.8. The first-order valence-corrected chi connectivity index (χ1v) is 8.56. The van der Waals surface area contributed by atoms with Gasteiger partial charge in [-0.05, 0) is 30.2 Å². The number of ether oxygens (including phenoxy) is 3. The van der Waals surface area contributed by atoms with Gasteiger partial charge >= 0.3 is 0 Å². The third-order valence-electron chi connectivity index (χ3n) is 3.79. The van der Waals surface area contributed by atoms with Crippen molar-refractivity contribution in [3.63, 3.8) is 0 Å². The molecule has 0 atom stereocenters.